The van der Waals surface area contributed by atoms with Crippen LogP contribution in [0.2, 0.25) is 0 Å². The van der Waals surface area contributed by atoms with Gasteiger partial charge in [0.2, 0.25) is 0 Å². The van der Waals surface area contributed by atoms with Crippen LogP contribution in [0.5, 0.6) is 5.75 Å². The van der Waals surface area contributed by atoms with Gasteiger partial charge in [-0.15, -0.1) is 22.7 Å². The molecule has 0 fully saturated rings. The lowest BCUT2D eigenvalue weighted by atomic mass is 10.1. The van der Waals surface area contributed by atoms with Crippen molar-refractivity contribution < 1.29 is 4.74 Å². The molecule has 0 unspecified atom stereocenters. The maximum atomic E-state index is 9.50. The molecule has 3 nitrogen and oxygen atoms in total. The van der Waals surface area contributed by atoms with E-state index in [1.54, 1.807) is 11.3 Å². The van der Waals surface area contributed by atoms with Gasteiger partial charge in [-0.3, -0.25) is 0 Å². The first-order chi connectivity index (χ1) is 12.3. The van der Waals surface area contributed by atoms with E-state index >= 15 is 0 Å². The van der Waals surface area contributed by atoms with Crippen LogP contribution >= 0.6 is 22.7 Å². The third kappa shape index (κ3) is 4.56. The van der Waals surface area contributed by atoms with Crippen molar-refractivity contribution in [1.82, 2.24) is 4.98 Å². The topological polar surface area (TPSA) is 45.9 Å². The van der Waals surface area contributed by atoms with E-state index in [1.807, 2.05) is 53.2 Å². The molecule has 3 aromatic rings. The molecular formula is C20H18N2OS2. The molecule has 0 bridgehead atoms. The van der Waals surface area contributed by atoms with Crippen LogP contribution in [0.15, 0.2) is 47.2 Å². The zero-order valence-electron chi connectivity index (χ0n) is 13.9. The summed E-state index contributed by atoms with van der Waals surface area (Å²) >= 11 is 3.15. The second-order valence-corrected chi connectivity index (χ2v) is 7.26. The molecule has 5 heteroatoms. The fourth-order valence-electron chi connectivity index (χ4n) is 2.24. The SMILES string of the molecule is CCCCOc1ccc(/C=C(/C#N)c2nc(-c3cccs3)cs2)cc1. The van der Waals surface area contributed by atoms with Crippen LogP contribution in [0.1, 0.15) is 30.3 Å². The highest BCUT2D eigenvalue weighted by atomic mass is 32.1. The summed E-state index contributed by atoms with van der Waals surface area (Å²) in [6.45, 7) is 2.88. The Kier molecular flexibility index (Phi) is 5.99. The maximum absolute atomic E-state index is 9.50. The number of nitrogens with zero attached hydrogens (tertiary/aromatic N) is 2. The van der Waals surface area contributed by atoms with Crippen LogP contribution in [0, 0.1) is 11.3 Å². The van der Waals surface area contributed by atoms with Crippen LogP contribution in [-0.4, -0.2) is 11.6 Å². The van der Waals surface area contributed by atoms with Gasteiger partial charge in [0.1, 0.15) is 16.8 Å². The minimum atomic E-state index is 0.576. The summed E-state index contributed by atoms with van der Waals surface area (Å²) in [7, 11) is 0. The smallest absolute Gasteiger partial charge is 0.134 e. The first-order valence-electron chi connectivity index (χ1n) is 8.14. The second kappa shape index (κ2) is 8.61. The maximum Gasteiger partial charge on any atom is 0.134 e. The van der Waals surface area contributed by atoms with E-state index in [-0.39, 0.29) is 0 Å². The van der Waals surface area contributed by atoms with Crippen molar-refractivity contribution in [2.45, 2.75) is 19.8 Å². The Bertz CT molecular complexity index is 871. The molecular weight excluding hydrogens is 348 g/mol. The van der Waals surface area contributed by atoms with Gasteiger partial charge in [-0.1, -0.05) is 31.5 Å². The van der Waals surface area contributed by atoms with Crippen molar-refractivity contribution in [1.29, 1.82) is 5.26 Å². The van der Waals surface area contributed by atoms with Gasteiger partial charge in [0, 0.05) is 5.38 Å². The van der Waals surface area contributed by atoms with E-state index in [4.69, 9.17) is 4.74 Å². The average Bonchev–Trinajstić information content (AvgIpc) is 3.32. The van der Waals surface area contributed by atoms with Gasteiger partial charge >= 0.3 is 0 Å². The van der Waals surface area contributed by atoms with Gasteiger partial charge < -0.3 is 4.74 Å². The summed E-state index contributed by atoms with van der Waals surface area (Å²) in [5, 5.41) is 14.3. The summed E-state index contributed by atoms with van der Waals surface area (Å²) in [5.41, 5.74) is 2.47. The van der Waals surface area contributed by atoms with Gasteiger partial charge in [-0.25, -0.2) is 4.98 Å². The molecule has 0 saturated carbocycles. The third-order valence-corrected chi connectivity index (χ3v) is 5.35. The predicted octanol–water partition coefficient (Wildman–Crippen LogP) is 6.11. The Morgan fingerprint density at radius 1 is 1.24 bits per heavy atom. The fraction of sp³-hybridized carbons (Fsp3) is 0.200. The van der Waals surface area contributed by atoms with E-state index in [0.29, 0.717) is 5.57 Å². The number of hydrogen-bond acceptors (Lipinski definition) is 5. The molecule has 2 heterocycles. The highest BCUT2D eigenvalue weighted by molar-refractivity contribution is 7.14. The van der Waals surface area contributed by atoms with Crippen molar-refractivity contribution in [2.24, 2.45) is 0 Å². The summed E-state index contributed by atoms with van der Waals surface area (Å²) in [6.07, 6.45) is 4.04. The lowest BCUT2D eigenvalue weighted by Crippen LogP contribution is -1.95. The van der Waals surface area contributed by atoms with Gasteiger partial charge in [-0.2, -0.15) is 5.26 Å². The lowest BCUT2D eigenvalue weighted by molar-refractivity contribution is 0.309. The van der Waals surface area contributed by atoms with Gasteiger partial charge in [0.05, 0.1) is 22.8 Å². The number of rotatable bonds is 7. The number of benzene rings is 1. The Morgan fingerprint density at radius 3 is 2.76 bits per heavy atom. The largest absolute Gasteiger partial charge is 0.494 e. The molecule has 0 aliphatic rings. The number of unbranched alkanes of at least 4 members (excludes halogenated alkanes) is 1. The highest BCUT2D eigenvalue weighted by Gasteiger charge is 2.09. The normalized spacial score (nSPS) is 11.3. The van der Waals surface area contributed by atoms with E-state index in [0.717, 1.165) is 46.3 Å². The van der Waals surface area contributed by atoms with Gasteiger partial charge in [0.15, 0.2) is 0 Å². The summed E-state index contributed by atoms with van der Waals surface area (Å²) in [5.74, 6) is 0.860. The quantitative estimate of drug-likeness (QED) is 0.374. The number of thiazole rings is 1. The van der Waals surface area contributed by atoms with Gasteiger partial charge in [0.25, 0.3) is 0 Å². The summed E-state index contributed by atoms with van der Waals surface area (Å²) in [4.78, 5) is 5.72. The Morgan fingerprint density at radius 2 is 2.08 bits per heavy atom. The zero-order valence-corrected chi connectivity index (χ0v) is 15.6. The first-order valence-corrected chi connectivity index (χ1v) is 9.90. The molecule has 1 aromatic carbocycles. The standard InChI is InChI=1S/C20H18N2OS2/c1-2-3-10-23-17-8-6-15(7-9-17)12-16(13-21)20-22-18(14-25-20)19-5-4-11-24-19/h4-9,11-12,14H,2-3,10H2,1H3/b16-12-. The van der Waals surface area contributed by atoms with Crippen LogP contribution < -0.4 is 4.74 Å². The van der Waals surface area contributed by atoms with E-state index in [2.05, 4.69) is 18.0 Å². The minimum Gasteiger partial charge on any atom is -0.494 e. The molecule has 0 saturated heterocycles. The summed E-state index contributed by atoms with van der Waals surface area (Å²) < 4.78 is 5.67. The number of nitriles is 1. The van der Waals surface area contributed by atoms with Crippen molar-refractivity contribution in [3.8, 4) is 22.4 Å². The first kappa shape index (κ1) is 17.4. The molecule has 2 aromatic heterocycles. The van der Waals surface area contributed by atoms with E-state index in [1.165, 1.54) is 11.3 Å². The van der Waals surface area contributed by atoms with E-state index < -0.39 is 0 Å². The van der Waals surface area contributed by atoms with Crippen molar-refractivity contribution >= 4 is 34.3 Å². The second-order valence-electron chi connectivity index (χ2n) is 5.46. The molecule has 0 aliphatic heterocycles. The fourth-order valence-corrected chi connectivity index (χ4v) is 3.78. The molecule has 0 aliphatic carbocycles. The van der Waals surface area contributed by atoms with Crippen molar-refractivity contribution in [3.05, 3.63) is 57.7 Å². The third-order valence-electron chi connectivity index (χ3n) is 3.59. The molecule has 25 heavy (non-hydrogen) atoms. The molecule has 0 spiro atoms. The minimum absolute atomic E-state index is 0.576. The Labute approximate surface area is 155 Å². The monoisotopic (exact) mass is 366 g/mol. The number of allylic oxidation sites excluding steroid dienone is 1. The number of hydrogen-bond donors (Lipinski definition) is 0. The Hall–Kier alpha value is -2.42. The molecule has 3 rings (SSSR count). The highest BCUT2D eigenvalue weighted by Crippen LogP contribution is 2.29. The van der Waals surface area contributed by atoms with Crippen LogP contribution in [-0.2, 0) is 0 Å². The molecule has 0 amide bonds. The van der Waals surface area contributed by atoms with E-state index in [9.17, 15) is 5.26 Å². The zero-order chi connectivity index (χ0) is 17.5. The predicted molar refractivity (Wildman–Crippen MR) is 106 cm³/mol. The molecule has 0 N–H and O–H groups in total. The Balaban J connectivity index is 1.75. The molecule has 0 atom stereocenters. The number of aromatic nitrogens is 1. The van der Waals surface area contributed by atoms with Crippen molar-refractivity contribution in [3.63, 3.8) is 0 Å². The number of thiophene rings is 1. The summed E-state index contributed by atoms with van der Waals surface area (Å²) in [6, 6.07) is 14.1. The van der Waals surface area contributed by atoms with Crippen LogP contribution in [0.4, 0.5) is 0 Å². The van der Waals surface area contributed by atoms with Gasteiger partial charge in [-0.05, 0) is 41.6 Å². The van der Waals surface area contributed by atoms with Crippen LogP contribution in [0.3, 0.4) is 0 Å². The molecule has 0 radical (unpaired) electrons. The average molecular weight is 367 g/mol. The van der Waals surface area contributed by atoms with Crippen LogP contribution in [0.25, 0.3) is 22.2 Å². The lowest BCUT2D eigenvalue weighted by Gasteiger charge is -2.05. The van der Waals surface area contributed by atoms with Crippen molar-refractivity contribution in [2.75, 3.05) is 6.61 Å². The number of ether oxygens (including phenoxy) is 1. The molecule has 126 valence electrons.